The van der Waals surface area contributed by atoms with E-state index in [0.29, 0.717) is 56.4 Å². The number of ether oxygens (including phenoxy) is 3. The molecule has 49 heavy (non-hydrogen) atoms. The van der Waals surface area contributed by atoms with Crippen LogP contribution in [0.2, 0.25) is 0 Å². The molecule has 0 aromatic heterocycles. The normalized spacial score (nSPS) is 18.9. The van der Waals surface area contributed by atoms with Crippen LogP contribution in [0.3, 0.4) is 0 Å². The molecule has 0 aliphatic carbocycles. The summed E-state index contributed by atoms with van der Waals surface area (Å²) in [5.74, 6) is -0.628. The molecule has 0 spiro atoms. The molecule has 4 rings (SSSR count). The third-order valence-corrected chi connectivity index (χ3v) is 9.17. The van der Waals surface area contributed by atoms with Gasteiger partial charge in [0.1, 0.15) is 11.4 Å². The molecule has 0 unspecified atom stereocenters. The van der Waals surface area contributed by atoms with Gasteiger partial charge in [-0.2, -0.15) is 0 Å². The van der Waals surface area contributed by atoms with Crippen molar-refractivity contribution >= 4 is 29.5 Å². The van der Waals surface area contributed by atoms with Gasteiger partial charge in [0.15, 0.2) is 0 Å². The van der Waals surface area contributed by atoms with Crippen LogP contribution in [0, 0.1) is 11.8 Å². The van der Waals surface area contributed by atoms with E-state index in [4.69, 9.17) is 14.2 Å². The molecule has 2 heterocycles. The van der Waals surface area contributed by atoms with Gasteiger partial charge in [0.25, 0.3) is 5.91 Å². The fraction of sp³-hybridized carbons (Fsp3) is 0.579. The Bertz CT molecular complexity index is 1490. The molecule has 1 N–H and O–H groups in total. The van der Waals surface area contributed by atoms with Crippen LogP contribution < -0.4 is 10.1 Å². The lowest BCUT2D eigenvalue weighted by atomic mass is 9.88. The molecular weight excluding hydrogens is 624 g/mol. The lowest BCUT2D eigenvalue weighted by molar-refractivity contribution is -0.134. The van der Waals surface area contributed by atoms with Gasteiger partial charge in [-0.3, -0.25) is 14.4 Å². The Kier molecular flexibility index (Phi) is 12.7. The summed E-state index contributed by atoms with van der Waals surface area (Å²) >= 11 is 0. The Hall–Kier alpha value is -4.12. The zero-order valence-electron chi connectivity index (χ0n) is 30.4. The zero-order chi connectivity index (χ0) is 35.9. The summed E-state index contributed by atoms with van der Waals surface area (Å²) in [6, 6.07) is 12.9. The number of rotatable bonds is 13. The zero-order valence-corrected chi connectivity index (χ0v) is 30.4. The summed E-state index contributed by atoms with van der Waals surface area (Å²) in [4.78, 5) is 59.0. The molecule has 2 aliphatic rings. The number of para-hydroxylation sites is 1. The highest BCUT2D eigenvalue weighted by Crippen LogP contribution is 2.35. The van der Waals surface area contributed by atoms with E-state index < -0.39 is 17.6 Å². The van der Waals surface area contributed by atoms with Crippen LogP contribution in [-0.4, -0.2) is 104 Å². The van der Waals surface area contributed by atoms with Crippen molar-refractivity contribution in [2.45, 2.75) is 78.4 Å². The van der Waals surface area contributed by atoms with Gasteiger partial charge in [0.2, 0.25) is 11.8 Å². The summed E-state index contributed by atoms with van der Waals surface area (Å²) in [7, 11) is 3.41. The maximum Gasteiger partial charge on any atom is 0.410 e. The number of likely N-dealkylation sites (N-methyl/N-ethyl adjacent to an activating group) is 1. The molecule has 0 saturated carbocycles. The minimum atomic E-state index is -0.666. The lowest BCUT2D eigenvalue weighted by Crippen LogP contribution is -2.44. The van der Waals surface area contributed by atoms with Gasteiger partial charge < -0.3 is 34.2 Å². The number of carbonyl (C=O) groups is 4. The number of hydrogen-bond donors (Lipinski definition) is 1. The monoisotopic (exact) mass is 678 g/mol. The third kappa shape index (κ3) is 9.74. The first-order chi connectivity index (χ1) is 23.2. The number of likely N-dealkylation sites (tertiary alicyclic amines) is 1. The van der Waals surface area contributed by atoms with Crippen LogP contribution >= 0.6 is 0 Å². The Labute approximate surface area is 291 Å². The van der Waals surface area contributed by atoms with Crippen molar-refractivity contribution in [2.24, 2.45) is 11.8 Å². The van der Waals surface area contributed by atoms with Crippen LogP contribution in [0.4, 0.5) is 10.5 Å². The second-order valence-corrected chi connectivity index (χ2v) is 14.4. The predicted octanol–water partition coefficient (Wildman–Crippen LogP) is 5.58. The minimum Gasteiger partial charge on any atom is -0.493 e. The number of aryl methyl sites for hydroxylation is 1. The van der Waals surface area contributed by atoms with E-state index in [9.17, 15) is 19.2 Å². The molecule has 0 bridgehead atoms. The molecule has 1 fully saturated rings. The molecule has 4 amide bonds. The highest BCUT2D eigenvalue weighted by atomic mass is 16.6. The molecule has 2 aliphatic heterocycles. The molecule has 3 atom stereocenters. The van der Waals surface area contributed by atoms with Gasteiger partial charge in [-0.05, 0) is 70.4 Å². The van der Waals surface area contributed by atoms with Crippen molar-refractivity contribution in [3.8, 4) is 5.75 Å². The highest BCUT2D eigenvalue weighted by Gasteiger charge is 2.41. The Balaban J connectivity index is 1.56. The lowest BCUT2D eigenvalue weighted by Gasteiger charge is -2.34. The standard InChI is InChI=1S/C38H54N4O7/c1-9-26-15-16-27(19-33(26)48-18-12-17-47-8)35(44)42(25(2)3)24-29-23-41(37(46)49-38(4,5)6)22-28(29)21-40(7)36(45)31-20-34(43)39-32-14-11-10-13-30(31)32/h10-11,13-16,19,25,28-29,31H,9,12,17-18,20-24H2,1-8H3,(H,39,43)/t28-,29+,31+/m1/s1. The first-order valence-electron chi connectivity index (χ1n) is 17.4. The third-order valence-electron chi connectivity index (χ3n) is 9.17. The van der Waals surface area contributed by atoms with E-state index in [1.807, 2.05) is 82.0 Å². The fourth-order valence-electron chi connectivity index (χ4n) is 6.61. The number of methoxy groups -OCH3 is 1. The highest BCUT2D eigenvalue weighted by molar-refractivity contribution is 6.01. The smallest absolute Gasteiger partial charge is 0.410 e. The second-order valence-electron chi connectivity index (χ2n) is 14.4. The van der Waals surface area contributed by atoms with Crippen molar-refractivity contribution in [1.29, 1.82) is 0 Å². The number of nitrogens with one attached hydrogen (secondary N) is 1. The topological polar surface area (TPSA) is 118 Å². The van der Waals surface area contributed by atoms with Crippen molar-refractivity contribution in [3.63, 3.8) is 0 Å². The molecule has 2 aromatic rings. The number of fused-ring (bicyclic) bond motifs is 1. The second kappa shape index (κ2) is 16.5. The summed E-state index contributed by atoms with van der Waals surface area (Å²) in [5, 5.41) is 2.86. The van der Waals surface area contributed by atoms with Gasteiger partial charge in [-0.25, -0.2) is 4.79 Å². The van der Waals surface area contributed by atoms with Crippen molar-refractivity contribution in [2.75, 3.05) is 58.9 Å². The van der Waals surface area contributed by atoms with E-state index in [2.05, 4.69) is 12.2 Å². The largest absolute Gasteiger partial charge is 0.493 e. The number of nitrogens with zero attached hydrogens (tertiary/aromatic N) is 3. The van der Waals surface area contributed by atoms with Crippen LogP contribution in [0.1, 0.15) is 81.8 Å². The molecular formula is C38H54N4O7. The summed E-state index contributed by atoms with van der Waals surface area (Å²) in [5.41, 5.74) is 2.35. The molecule has 11 nitrogen and oxygen atoms in total. The summed E-state index contributed by atoms with van der Waals surface area (Å²) < 4.78 is 16.9. The number of amides is 4. The van der Waals surface area contributed by atoms with Crippen molar-refractivity contribution < 1.29 is 33.4 Å². The molecule has 11 heteroatoms. The maximum absolute atomic E-state index is 14.1. The van der Waals surface area contributed by atoms with Crippen LogP contribution in [-0.2, 0) is 25.5 Å². The predicted molar refractivity (Wildman–Crippen MR) is 189 cm³/mol. The number of benzene rings is 2. The average Bonchev–Trinajstić information content (AvgIpc) is 3.45. The molecule has 2 aromatic carbocycles. The Morgan fingerprint density at radius 2 is 1.71 bits per heavy atom. The molecule has 268 valence electrons. The SMILES string of the molecule is CCc1ccc(C(=O)N(C[C@@H]2CN(C(=O)OC(C)(C)C)C[C@H]2CN(C)C(=O)[C@H]2CC(=O)Nc3ccccc32)C(C)C)cc1OCCCOC. The minimum absolute atomic E-state index is 0.0723. The molecule has 0 radical (unpaired) electrons. The Morgan fingerprint density at radius 3 is 2.37 bits per heavy atom. The quantitative estimate of drug-likeness (QED) is 0.275. The summed E-state index contributed by atoms with van der Waals surface area (Å²) in [6.07, 6.45) is 1.17. The number of hydrogen-bond acceptors (Lipinski definition) is 7. The average molecular weight is 679 g/mol. The van der Waals surface area contributed by atoms with Gasteiger partial charge >= 0.3 is 6.09 Å². The maximum atomic E-state index is 14.1. The van der Waals surface area contributed by atoms with E-state index in [1.165, 1.54) is 0 Å². The van der Waals surface area contributed by atoms with Crippen LogP contribution in [0.25, 0.3) is 0 Å². The fourth-order valence-corrected chi connectivity index (χ4v) is 6.61. The van der Waals surface area contributed by atoms with Crippen molar-refractivity contribution in [3.05, 3.63) is 59.2 Å². The van der Waals surface area contributed by atoms with E-state index >= 15 is 0 Å². The first kappa shape index (κ1) is 37.7. The van der Waals surface area contributed by atoms with Crippen LogP contribution in [0.15, 0.2) is 42.5 Å². The number of anilines is 1. The van der Waals surface area contributed by atoms with E-state index in [-0.39, 0.29) is 42.0 Å². The van der Waals surface area contributed by atoms with Gasteiger partial charge in [0.05, 0.1) is 12.5 Å². The van der Waals surface area contributed by atoms with Crippen LogP contribution in [0.5, 0.6) is 5.75 Å². The van der Waals surface area contributed by atoms with Gasteiger partial charge in [-0.1, -0.05) is 31.2 Å². The van der Waals surface area contributed by atoms with Crippen molar-refractivity contribution in [1.82, 2.24) is 14.7 Å². The van der Waals surface area contributed by atoms with E-state index in [1.54, 1.807) is 24.0 Å². The van der Waals surface area contributed by atoms with Gasteiger partial charge in [-0.15, -0.1) is 0 Å². The molecule has 1 saturated heterocycles. The number of carbonyl (C=O) groups excluding carboxylic acids is 4. The summed E-state index contributed by atoms with van der Waals surface area (Å²) in [6.45, 7) is 14.1. The Morgan fingerprint density at radius 1 is 1.02 bits per heavy atom. The van der Waals surface area contributed by atoms with Gasteiger partial charge in [0, 0.05) is 88.9 Å². The van der Waals surface area contributed by atoms with E-state index in [0.717, 1.165) is 24.0 Å². The first-order valence-corrected chi connectivity index (χ1v) is 17.4.